The molecule has 10 atom stereocenters. The molecule has 7 unspecified atom stereocenters. The third-order valence-corrected chi connectivity index (χ3v) is 12.5. The van der Waals surface area contributed by atoms with Crippen molar-refractivity contribution in [1.29, 1.82) is 0 Å². The summed E-state index contributed by atoms with van der Waals surface area (Å²) in [6, 6.07) is 56.7. The third-order valence-electron chi connectivity index (χ3n) is 12.5. The summed E-state index contributed by atoms with van der Waals surface area (Å²) in [4.78, 5) is 39.7. The largest absolute Gasteiger partial charge is 0.459 e. The van der Waals surface area contributed by atoms with Gasteiger partial charge in [0.05, 0.1) is 45.2 Å². The molecule has 0 aliphatic carbocycles. The summed E-state index contributed by atoms with van der Waals surface area (Å²) in [6.45, 7) is 5.49. The van der Waals surface area contributed by atoms with Gasteiger partial charge in [-0.2, -0.15) is 0 Å². The van der Waals surface area contributed by atoms with Gasteiger partial charge in [-0.05, 0) is 47.2 Å². The van der Waals surface area contributed by atoms with Crippen LogP contribution in [0.5, 0.6) is 0 Å². The topological polar surface area (TPSA) is 148 Å². The summed E-state index contributed by atoms with van der Waals surface area (Å²) in [5, 5.41) is 3.08. The van der Waals surface area contributed by atoms with Crippen molar-refractivity contribution in [2.24, 2.45) is 0 Å². The SMILES string of the molecule is CC(=O)NC1C(OCc2ccccc2)C(OCc2ccccc2)[C@H](C)O[C@H]1OC1C(OCc2ccccc2)CC(COCc2ccccc2)(C(=O)OCc2ccccc2)O[C@H]1OC(C)OOCc1ccccc1. The van der Waals surface area contributed by atoms with E-state index in [1.807, 2.05) is 189 Å². The van der Waals surface area contributed by atoms with E-state index >= 15 is 0 Å². The Morgan fingerprint density at radius 2 is 1.03 bits per heavy atom. The molecule has 1 amide bonds. The molecule has 2 aliphatic heterocycles. The molecular formula is C59H65NO13. The highest BCUT2D eigenvalue weighted by molar-refractivity contribution is 5.80. The highest BCUT2D eigenvalue weighted by Crippen LogP contribution is 2.39. The Labute approximate surface area is 427 Å². The second-order valence-electron chi connectivity index (χ2n) is 18.2. The van der Waals surface area contributed by atoms with Crippen molar-refractivity contribution in [2.45, 2.75) is 128 Å². The highest BCUT2D eigenvalue weighted by Gasteiger charge is 2.57. The number of amides is 1. The fourth-order valence-corrected chi connectivity index (χ4v) is 8.79. The van der Waals surface area contributed by atoms with Gasteiger partial charge in [0.15, 0.2) is 24.5 Å². The molecule has 73 heavy (non-hydrogen) atoms. The number of hydrogen-bond acceptors (Lipinski definition) is 13. The van der Waals surface area contributed by atoms with Crippen molar-refractivity contribution >= 4 is 11.9 Å². The van der Waals surface area contributed by atoms with Gasteiger partial charge in [-0.25, -0.2) is 14.6 Å². The lowest BCUT2D eigenvalue weighted by atomic mass is 9.89. The Kier molecular flexibility index (Phi) is 19.8. The van der Waals surface area contributed by atoms with Gasteiger partial charge in [0.2, 0.25) is 5.91 Å². The maximum atomic E-state index is 14.9. The first kappa shape index (κ1) is 53.2. The molecule has 0 aromatic heterocycles. The van der Waals surface area contributed by atoms with Crippen molar-refractivity contribution in [3.8, 4) is 0 Å². The molecule has 0 bridgehead atoms. The van der Waals surface area contributed by atoms with Gasteiger partial charge >= 0.3 is 5.97 Å². The molecule has 14 nitrogen and oxygen atoms in total. The summed E-state index contributed by atoms with van der Waals surface area (Å²) >= 11 is 0. The minimum absolute atomic E-state index is 0.0403. The average Bonchev–Trinajstić information content (AvgIpc) is 3.42. The molecule has 2 saturated heterocycles. The van der Waals surface area contributed by atoms with Crippen LogP contribution in [0.25, 0.3) is 0 Å². The van der Waals surface area contributed by atoms with Crippen molar-refractivity contribution in [3.05, 3.63) is 215 Å². The van der Waals surface area contributed by atoms with E-state index in [0.29, 0.717) is 0 Å². The molecule has 6 aromatic carbocycles. The van der Waals surface area contributed by atoms with E-state index in [4.69, 9.17) is 52.4 Å². The van der Waals surface area contributed by atoms with Crippen LogP contribution >= 0.6 is 0 Å². The molecule has 2 fully saturated rings. The van der Waals surface area contributed by atoms with E-state index in [9.17, 15) is 9.59 Å². The van der Waals surface area contributed by atoms with Gasteiger partial charge in [-0.3, -0.25) is 4.79 Å². The molecule has 384 valence electrons. The number of esters is 1. The van der Waals surface area contributed by atoms with E-state index < -0.39 is 67.0 Å². The van der Waals surface area contributed by atoms with Crippen molar-refractivity contribution < 1.29 is 62.0 Å². The Hall–Kier alpha value is -6.14. The van der Waals surface area contributed by atoms with Gasteiger partial charge in [-0.15, -0.1) is 0 Å². The Morgan fingerprint density at radius 1 is 0.575 bits per heavy atom. The van der Waals surface area contributed by atoms with Crippen LogP contribution in [0.3, 0.4) is 0 Å². The number of ether oxygens (including phenoxy) is 9. The number of benzene rings is 6. The first-order valence-electron chi connectivity index (χ1n) is 24.7. The molecule has 0 spiro atoms. The zero-order valence-corrected chi connectivity index (χ0v) is 41.5. The minimum atomic E-state index is -1.82. The van der Waals surface area contributed by atoms with E-state index in [0.717, 1.165) is 33.4 Å². The quantitative estimate of drug-likeness (QED) is 0.0252. The highest BCUT2D eigenvalue weighted by atomic mass is 17.2. The van der Waals surface area contributed by atoms with Crippen LogP contribution in [0.4, 0.5) is 0 Å². The van der Waals surface area contributed by atoms with Gasteiger partial charge < -0.3 is 47.9 Å². The van der Waals surface area contributed by atoms with Gasteiger partial charge in [-0.1, -0.05) is 182 Å². The van der Waals surface area contributed by atoms with Crippen LogP contribution in [0, 0.1) is 0 Å². The lowest BCUT2D eigenvalue weighted by Gasteiger charge is -2.50. The number of carbonyl (C=O) groups is 2. The molecule has 2 aliphatic rings. The fraction of sp³-hybridized carbons (Fsp3) is 0.356. The first-order chi connectivity index (χ1) is 35.7. The van der Waals surface area contributed by atoms with Crippen LogP contribution in [-0.2, 0) is 102 Å². The number of hydrogen-bond donors (Lipinski definition) is 1. The Bertz CT molecular complexity index is 2530. The predicted molar refractivity (Wildman–Crippen MR) is 269 cm³/mol. The van der Waals surface area contributed by atoms with Crippen LogP contribution in [0.2, 0.25) is 0 Å². The van der Waals surface area contributed by atoms with E-state index in [-0.39, 0.29) is 58.6 Å². The molecule has 1 N–H and O–H groups in total. The maximum absolute atomic E-state index is 14.9. The smallest absolute Gasteiger partial charge is 0.341 e. The van der Waals surface area contributed by atoms with E-state index in [2.05, 4.69) is 5.32 Å². The fourth-order valence-electron chi connectivity index (χ4n) is 8.79. The van der Waals surface area contributed by atoms with Crippen molar-refractivity contribution in [1.82, 2.24) is 5.32 Å². The molecule has 0 radical (unpaired) electrons. The standard InChI is InChI=1S/C59H65NO13/c1-42-53(65-37-47-26-14-6-15-27-47)55(66-38-48-28-16-7-17-29-48)52(60-43(2)61)56(69-42)71-54-51(64-36-46-24-12-5-13-25-46)34-59(41-63-35-45-22-10-4-11-23-45,58(62)67-39-49-30-18-8-19-31-49)72-57(54)70-44(3)73-68-40-50-32-20-9-21-33-50/h4-33,42,44,51-57H,34-41H2,1-3H3,(H,60,61)/t42-,44?,51?,52?,53?,54?,55?,56-,57+,59?/m0/s1. The van der Waals surface area contributed by atoms with Gasteiger partial charge in [0.25, 0.3) is 0 Å². The monoisotopic (exact) mass is 995 g/mol. The average molecular weight is 996 g/mol. The zero-order chi connectivity index (χ0) is 50.7. The molecule has 6 aromatic rings. The molecule has 14 heteroatoms. The predicted octanol–water partition coefficient (Wildman–Crippen LogP) is 9.33. The zero-order valence-electron chi connectivity index (χ0n) is 41.5. The number of carbonyl (C=O) groups excluding carboxylic acids is 2. The summed E-state index contributed by atoms with van der Waals surface area (Å²) in [6.07, 6.45) is -8.14. The maximum Gasteiger partial charge on any atom is 0.341 e. The summed E-state index contributed by atoms with van der Waals surface area (Å²) in [5.74, 6) is -1.06. The Balaban J connectivity index is 1.15. The van der Waals surface area contributed by atoms with Gasteiger partial charge in [0, 0.05) is 13.3 Å². The van der Waals surface area contributed by atoms with E-state index in [1.165, 1.54) is 6.92 Å². The first-order valence-corrected chi connectivity index (χ1v) is 24.7. The van der Waals surface area contributed by atoms with Crippen molar-refractivity contribution in [2.75, 3.05) is 6.61 Å². The molecule has 0 saturated carbocycles. The molecule has 8 rings (SSSR count). The lowest BCUT2D eigenvalue weighted by molar-refractivity contribution is -0.428. The third kappa shape index (κ3) is 15.7. The molecular weight excluding hydrogens is 931 g/mol. The van der Waals surface area contributed by atoms with E-state index in [1.54, 1.807) is 6.92 Å². The summed E-state index contributed by atoms with van der Waals surface area (Å²) in [7, 11) is 0. The van der Waals surface area contributed by atoms with Crippen molar-refractivity contribution in [3.63, 3.8) is 0 Å². The minimum Gasteiger partial charge on any atom is -0.459 e. The normalized spacial score (nSPS) is 24.3. The second-order valence-corrected chi connectivity index (χ2v) is 18.2. The van der Waals surface area contributed by atoms with Crippen LogP contribution in [-0.4, -0.2) is 79.5 Å². The van der Waals surface area contributed by atoms with Crippen LogP contribution in [0.15, 0.2) is 182 Å². The lowest BCUT2D eigenvalue weighted by Crippen LogP contribution is -2.68. The van der Waals surface area contributed by atoms with Crippen LogP contribution < -0.4 is 5.32 Å². The summed E-state index contributed by atoms with van der Waals surface area (Å²) in [5.41, 5.74) is 3.44. The molecule has 2 heterocycles. The van der Waals surface area contributed by atoms with Gasteiger partial charge in [0.1, 0.15) is 37.6 Å². The second kappa shape index (κ2) is 27.2. The van der Waals surface area contributed by atoms with Crippen LogP contribution in [0.1, 0.15) is 60.6 Å². The Morgan fingerprint density at radius 3 is 1.53 bits per heavy atom. The number of rotatable bonds is 25. The summed E-state index contributed by atoms with van der Waals surface area (Å²) < 4.78 is 60.3. The number of nitrogens with one attached hydrogen (secondary N) is 1.